The molecule has 1 aliphatic heterocycles. The van der Waals surface area contributed by atoms with Crippen molar-refractivity contribution in [2.24, 2.45) is 0 Å². The summed E-state index contributed by atoms with van der Waals surface area (Å²) in [4.78, 5) is 5.24. The molecule has 0 radical (unpaired) electrons. The van der Waals surface area contributed by atoms with E-state index in [1.165, 1.54) is 34.1 Å². The molecule has 3 rings (SSSR count). The molecule has 1 aliphatic rings. The molecule has 0 bridgehead atoms. The van der Waals surface area contributed by atoms with Crippen LogP contribution in [0, 0.1) is 0 Å². The van der Waals surface area contributed by atoms with E-state index < -0.39 is 0 Å². The molecule has 0 aromatic heterocycles. The molecule has 1 atom stereocenters. The first kappa shape index (κ1) is 16.4. The summed E-state index contributed by atoms with van der Waals surface area (Å²) in [5, 5.41) is 0. The van der Waals surface area contributed by atoms with Gasteiger partial charge in [-0.15, -0.1) is 0 Å². The van der Waals surface area contributed by atoms with Crippen molar-refractivity contribution < 1.29 is 4.48 Å². The molecule has 0 fully saturated rings. The SMILES string of the molecule is CCC[N+](C)(C)C(C)CN1c2ccccc2Sc2ccccc21. The summed E-state index contributed by atoms with van der Waals surface area (Å²) >= 11 is 1.88. The highest BCUT2D eigenvalue weighted by molar-refractivity contribution is 7.99. The summed E-state index contributed by atoms with van der Waals surface area (Å²) < 4.78 is 1.06. The van der Waals surface area contributed by atoms with Crippen molar-refractivity contribution in [1.82, 2.24) is 0 Å². The molecule has 1 unspecified atom stereocenters. The third-order valence-electron chi connectivity index (χ3n) is 4.97. The van der Waals surface area contributed by atoms with Crippen LogP contribution in [0.1, 0.15) is 20.3 Å². The number of anilines is 2. The van der Waals surface area contributed by atoms with Crippen molar-refractivity contribution in [2.75, 3.05) is 32.1 Å². The van der Waals surface area contributed by atoms with Gasteiger partial charge in [-0.25, -0.2) is 0 Å². The molecular weight excluding hydrogens is 300 g/mol. The Hall–Kier alpha value is -1.45. The van der Waals surface area contributed by atoms with E-state index >= 15 is 0 Å². The largest absolute Gasteiger partial charge is 0.334 e. The topological polar surface area (TPSA) is 3.24 Å². The first-order chi connectivity index (χ1) is 11.0. The van der Waals surface area contributed by atoms with E-state index in [-0.39, 0.29) is 0 Å². The van der Waals surface area contributed by atoms with E-state index in [1.807, 2.05) is 11.8 Å². The second kappa shape index (κ2) is 6.58. The average Bonchev–Trinajstić information content (AvgIpc) is 2.54. The molecule has 0 N–H and O–H groups in total. The van der Waals surface area contributed by atoms with Crippen molar-refractivity contribution in [3.63, 3.8) is 0 Å². The minimum Gasteiger partial charge on any atom is -0.334 e. The van der Waals surface area contributed by atoms with Crippen LogP contribution in [-0.4, -0.2) is 37.7 Å². The zero-order valence-corrected chi connectivity index (χ0v) is 15.4. The fraction of sp³-hybridized carbons (Fsp3) is 0.400. The smallest absolute Gasteiger partial charge is 0.104 e. The molecule has 0 aliphatic carbocycles. The van der Waals surface area contributed by atoms with E-state index in [4.69, 9.17) is 0 Å². The number of nitrogens with zero attached hydrogens (tertiary/aromatic N) is 2. The lowest BCUT2D eigenvalue weighted by atomic mass is 10.1. The van der Waals surface area contributed by atoms with Gasteiger partial charge in [0.05, 0.1) is 38.6 Å². The van der Waals surface area contributed by atoms with Gasteiger partial charge in [-0.1, -0.05) is 43.0 Å². The Morgan fingerprint density at radius 1 is 0.957 bits per heavy atom. The molecule has 0 saturated carbocycles. The molecule has 2 aromatic carbocycles. The normalized spacial score (nSPS) is 15.0. The van der Waals surface area contributed by atoms with E-state index in [9.17, 15) is 0 Å². The van der Waals surface area contributed by atoms with Crippen molar-refractivity contribution in [1.29, 1.82) is 0 Å². The average molecular weight is 328 g/mol. The van der Waals surface area contributed by atoms with Crippen LogP contribution in [0.2, 0.25) is 0 Å². The Morgan fingerprint density at radius 2 is 1.48 bits per heavy atom. The van der Waals surface area contributed by atoms with Gasteiger partial charge in [0, 0.05) is 9.79 Å². The third-order valence-corrected chi connectivity index (χ3v) is 6.10. The van der Waals surface area contributed by atoms with Crippen LogP contribution >= 0.6 is 11.8 Å². The van der Waals surface area contributed by atoms with Crippen molar-refractivity contribution in [3.8, 4) is 0 Å². The molecule has 2 nitrogen and oxygen atoms in total. The second-order valence-electron chi connectivity index (χ2n) is 7.00. The van der Waals surface area contributed by atoms with Gasteiger partial charge in [0.25, 0.3) is 0 Å². The quantitative estimate of drug-likeness (QED) is 0.698. The molecule has 0 spiro atoms. The van der Waals surface area contributed by atoms with Gasteiger partial charge in [-0.3, -0.25) is 0 Å². The van der Waals surface area contributed by atoms with Gasteiger partial charge in [0.15, 0.2) is 0 Å². The van der Waals surface area contributed by atoms with Gasteiger partial charge in [0.2, 0.25) is 0 Å². The lowest BCUT2D eigenvalue weighted by Crippen LogP contribution is -2.52. The Balaban J connectivity index is 1.95. The second-order valence-corrected chi connectivity index (χ2v) is 8.08. The highest BCUT2D eigenvalue weighted by Gasteiger charge is 2.29. The molecule has 0 amide bonds. The molecule has 1 heterocycles. The van der Waals surface area contributed by atoms with E-state index in [1.54, 1.807) is 0 Å². The van der Waals surface area contributed by atoms with E-state index in [2.05, 4.69) is 81.4 Å². The molecule has 3 heteroatoms. The minimum absolute atomic E-state index is 0.569. The predicted molar refractivity (Wildman–Crippen MR) is 101 cm³/mol. The lowest BCUT2D eigenvalue weighted by molar-refractivity contribution is -0.911. The summed E-state index contributed by atoms with van der Waals surface area (Å²) in [6.45, 7) is 6.91. The number of rotatable bonds is 5. The Bertz CT molecular complexity index is 635. The molecule has 23 heavy (non-hydrogen) atoms. The van der Waals surface area contributed by atoms with Crippen molar-refractivity contribution in [2.45, 2.75) is 36.1 Å². The van der Waals surface area contributed by atoms with Gasteiger partial charge in [-0.05, 0) is 37.6 Å². The van der Waals surface area contributed by atoms with Crippen LogP contribution in [0.3, 0.4) is 0 Å². The lowest BCUT2D eigenvalue weighted by Gasteiger charge is -2.41. The monoisotopic (exact) mass is 327 g/mol. The van der Waals surface area contributed by atoms with Gasteiger partial charge in [0.1, 0.15) is 6.04 Å². The Morgan fingerprint density at radius 3 is 2.00 bits per heavy atom. The molecule has 2 aromatic rings. The maximum Gasteiger partial charge on any atom is 0.104 e. The van der Waals surface area contributed by atoms with Crippen molar-refractivity contribution >= 4 is 23.1 Å². The summed E-state index contributed by atoms with van der Waals surface area (Å²) in [6, 6.07) is 18.1. The summed E-state index contributed by atoms with van der Waals surface area (Å²) in [5.74, 6) is 0. The number of hydrogen-bond donors (Lipinski definition) is 0. The highest BCUT2D eigenvalue weighted by atomic mass is 32.2. The summed E-state index contributed by atoms with van der Waals surface area (Å²) in [5.41, 5.74) is 2.69. The summed E-state index contributed by atoms with van der Waals surface area (Å²) in [7, 11) is 4.70. The number of likely N-dealkylation sites (N-methyl/N-ethyl adjacent to an activating group) is 1. The van der Waals surface area contributed by atoms with Crippen LogP contribution in [0.15, 0.2) is 58.3 Å². The fourth-order valence-electron chi connectivity index (χ4n) is 3.26. The van der Waals surface area contributed by atoms with Crippen molar-refractivity contribution in [3.05, 3.63) is 48.5 Å². The minimum atomic E-state index is 0.569. The zero-order valence-electron chi connectivity index (χ0n) is 14.6. The summed E-state index contributed by atoms with van der Waals surface area (Å²) in [6.07, 6.45) is 1.22. The maximum absolute atomic E-state index is 2.52. The molecular formula is C20H27N2S+. The van der Waals surface area contributed by atoms with Crippen LogP contribution in [0.4, 0.5) is 11.4 Å². The maximum atomic E-state index is 2.52. The predicted octanol–water partition coefficient (Wildman–Crippen LogP) is 5.16. The first-order valence-electron chi connectivity index (χ1n) is 8.49. The number of quaternary nitrogens is 1. The molecule has 122 valence electrons. The zero-order chi connectivity index (χ0) is 16.4. The number of hydrogen-bond acceptors (Lipinski definition) is 2. The van der Waals surface area contributed by atoms with E-state index in [0.29, 0.717) is 6.04 Å². The molecule has 0 saturated heterocycles. The number of benzene rings is 2. The fourth-order valence-corrected chi connectivity index (χ4v) is 4.36. The third kappa shape index (κ3) is 3.26. The Kier molecular flexibility index (Phi) is 4.69. The van der Waals surface area contributed by atoms with Crippen LogP contribution < -0.4 is 4.90 Å². The van der Waals surface area contributed by atoms with Gasteiger partial charge in [-0.2, -0.15) is 0 Å². The van der Waals surface area contributed by atoms with E-state index in [0.717, 1.165) is 11.0 Å². The highest BCUT2D eigenvalue weighted by Crippen LogP contribution is 2.47. The van der Waals surface area contributed by atoms with Crippen LogP contribution in [-0.2, 0) is 0 Å². The van der Waals surface area contributed by atoms with Crippen LogP contribution in [0.25, 0.3) is 0 Å². The number of fused-ring (bicyclic) bond motifs is 2. The standard InChI is InChI=1S/C20H27N2S/c1-5-14-22(3,4)16(2)15-21-17-10-6-8-12-19(17)23-20-13-9-7-11-18(20)21/h6-13,16H,5,14-15H2,1-4H3/q+1. The van der Waals surface area contributed by atoms with Gasteiger partial charge >= 0.3 is 0 Å². The number of para-hydroxylation sites is 2. The van der Waals surface area contributed by atoms with Crippen LogP contribution in [0.5, 0.6) is 0 Å². The van der Waals surface area contributed by atoms with Gasteiger partial charge < -0.3 is 9.38 Å². The Labute approximate surface area is 144 Å². The first-order valence-corrected chi connectivity index (χ1v) is 9.30.